The Kier molecular flexibility index (Phi) is 5.98. The van der Waals surface area contributed by atoms with Crippen LogP contribution >= 0.6 is 0 Å². The van der Waals surface area contributed by atoms with Gasteiger partial charge in [-0.1, -0.05) is 24.3 Å². The Balaban J connectivity index is 1.91. The summed E-state index contributed by atoms with van der Waals surface area (Å²) < 4.78 is 29.6. The maximum Gasteiger partial charge on any atom is 0.178 e. The number of hydrogen-bond acceptors (Lipinski definition) is 5. The van der Waals surface area contributed by atoms with E-state index in [4.69, 9.17) is 4.74 Å². The van der Waals surface area contributed by atoms with Gasteiger partial charge in [-0.25, -0.2) is 8.42 Å². The van der Waals surface area contributed by atoms with E-state index in [1.807, 2.05) is 12.1 Å². The molecule has 0 bridgehead atoms. The van der Waals surface area contributed by atoms with Gasteiger partial charge in [-0.3, -0.25) is 0 Å². The number of carboxylic acid groups (broad SMARTS) is 1. The van der Waals surface area contributed by atoms with E-state index in [1.54, 1.807) is 36.4 Å². The van der Waals surface area contributed by atoms with E-state index >= 15 is 0 Å². The highest BCUT2D eigenvalue weighted by Crippen LogP contribution is 2.18. The number of aryl methyl sites for hydroxylation is 1. The number of ether oxygens (including phenoxy) is 1. The van der Waals surface area contributed by atoms with Gasteiger partial charge >= 0.3 is 0 Å². The van der Waals surface area contributed by atoms with Gasteiger partial charge in [-0.05, 0) is 48.2 Å². The zero-order valence-corrected chi connectivity index (χ0v) is 14.2. The lowest BCUT2D eigenvalue weighted by atomic mass is 10.1. The Bertz CT molecular complexity index is 777. The van der Waals surface area contributed by atoms with Crippen molar-refractivity contribution in [3.05, 3.63) is 59.7 Å². The SMILES string of the molecule is COc1ccc(S(=O)(=O)CCCc2ccc(CC(=O)[O-])cc2)cc1. The first-order valence-corrected chi connectivity index (χ1v) is 9.20. The number of methoxy groups -OCH3 is 1. The number of aliphatic carboxylic acids is 1. The molecule has 2 rings (SSSR count). The first-order chi connectivity index (χ1) is 11.4. The van der Waals surface area contributed by atoms with Gasteiger partial charge in [0.15, 0.2) is 9.84 Å². The smallest absolute Gasteiger partial charge is 0.178 e. The lowest BCUT2D eigenvalue weighted by Gasteiger charge is -2.07. The van der Waals surface area contributed by atoms with Crippen LogP contribution in [0.3, 0.4) is 0 Å². The van der Waals surface area contributed by atoms with Crippen LogP contribution in [0.5, 0.6) is 5.75 Å². The zero-order chi connectivity index (χ0) is 17.6. The summed E-state index contributed by atoms with van der Waals surface area (Å²) in [5, 5.41) is 10.5. The number of hydrogen-bond donors (Lipinski definition) is 0. The van der Waals surface area contributed by atoms with Crippen molar-refractivity contribution < 1.29 is 23.1 Å². The Labute approximate surface area is 141 Å². The van der Waals surface area contributed by atoms with Gasteiger partial charge in [0.1, 0.15) is 5.75 Å². The van der Waals surface area contributed by atoms with Crippen LogP contribution in [0, 0.1) is 0 Å². The van der Waals surface area contributed by atoms with E-state index < -0.39 is 15.8 Å². The van der Waals surface area contributed by atoms with Gasteiger partial charge in [-0.15, -0.1) is 0 Å². The molecule has 5 nitrogen and oxygen atoms in total. The van der Waals surface area contributed by atoms with Gasteiger partial charge in [0.2, 0.25) is 0 Å². The normalized spacial score (nSPS) is 11.2. The molecule has 0 amide bonds. The number of carbonyl (C=O) groups excluding carboxylic acids is 1. The van der Waals surface area contributed by atoms with E-state index in [0.29, 0.717) is 24.2 Å². The fraction of sp³-hybridized carbons (Fsp3) is 0.278. The molecule has 0 unspecified atom stereocenters. The largest absolute Gasteiger partial charge is 0.550 e. The van der Waals surface area contributed by atoms with Gasteiger partial charge in [0.25, 0.3) is 0 Å². The maximum atomic E-state index is 12.3. The summed E-state index contributed by atoms with van der Waals surface area (Å²) in [5.74, 6) is -0.445. The summed E-state index contributed by atoms with van der Waals surface area (Å²) in [6, 6.07) is 13.4. The lowest BCUT2D eigenvalue weighted by Crippen LogP contribution is -2.24. The molecule has 0 aliphatic heterocycles. The lowest BCUT2D eigenvalue weighted by molar-refractivity contribution is -0.304. The fourth-order valence-corrected chi connectivity index (χ4v) is 3.67. The van der Waals surface area contributed by atoms with Crippen molar-refractivity contribution in [2.75, 3.05) is 12.9 Å². The molecule has 0 saturated heterocycles. The molecule has 2 aromatic rings. The van der Waals surface area contributed by atoms with Gasteiger partial charge in [-0.2, -0.15) is 0 Å². The molecule has 128 valence electrons. The molecule has 0 aliphatic rings. The molecular weight excluding hydrogens is 328 g/mol. The molecule has 2 aromatic carbocycles. The molecule has 0 heterocycles. The van der Waals surface area contributed by atoms with Crippen LogP contribution in [-0.2, 0) is 27.5 Å². The minimum absolute atomic E-state index is 0.0557. The second-order valence-corrected chi connectivity index (χ2v) is 7.57. The topological polar surface area (TPSA) is 83.5 Å². The highest BCUT2D eigenvalue weighted by molar-refractivity contribution is 7.91. The average molecular weight is 347 g/mol. The molecule has 0 aromatic heterocycles. The van der Waals surface area contributed by atoms with Crippen LogP contribution in [0.1, 0.15) is 17.5 Å². The van der Waals surface area contributed by atoms with Crippen LogP contribution in [0.4, 0.5) is 0 Å². The predicted octanol–water partition coefficient (Wildman–Crippen LogP) is 1.39. The Morgan fingerprint density at radius 3 is 2.12 bits per heavy atom. The van der Waals surface area contributed by atoms with Gasteiger partial charge in [0.05, 0.1) is 17.8 Å². The Morgan fingerprint density at radius 2 is 1.58 bits per heavy atom. The van der Waals surface area contributed by atoms with Crippen LogP contribution < -0.4 is 9.84 Å². The van der Waals surface area contributed by atoms with Crippen molar-refractivity contribution >= 4 is 15.8 Å². The molecule has 0 fully saturated rings. The van der Waals surface area contributed by atoms with E-state index in [-0.39, 0.29) is 17.1 Å². The van der Waals surface area contributed by atoms with Gasteiger partial charge in [0, 0.05) is 12.4 Å². The monoisotopic (exact) mass is 347 g/mol. The fourth-order valence-electron chi connectivity index (χ4n) is 2.36. The van der Waals surface area contributed by atoms with E-state index in [1.165, 1.54) is 7.11 Å². The Hall–Kier alpha value is -2.34. The number of carboxylic acids is 1. The summed E-state index contributed by atoms with van der Waals surface area (Å²) in [4.78, 5) is 10.8. The maximum absolute atomic E-state index is 12.3. The summed E-state index contributed by atoms with van der Waals surface area (Å²) in [7, 11) is -1.79. The molecule has 0 atom stereocenters. The molecule has 0 N–H and O–H groups in total. The third-order valence-corrected chi connectivity index (χ3v) is 5.49. The van der Waals surface area contributed by atoms with Crippen LogP contribution in [-0.4, -0.2) is 27.2 Å². The first-order valence-electron chi connectivity index (χ1n) is 7.55. The summed E-state index contributed by atoms with van der Waals surface area (Å²) in [6.45, 7) is 0. The van der Waals surface area contributed by atoms with Crippen molar-refractivity contribution in [3.63, 3.8) is 0 Å². The average Bonchev–Trinajstić information content (AvgIpc) is 2.56. The van der Waals surface area contributed by atoms with Crippen LogP contribution in [0.2, 0.25) is 0 Å². The number of sulfone groups is 1. The van der Waals surface area contributed by atoms with Gasteiger partial charge < -0.3 is 14.6 Å². The molecule has 0 aliphatic carbocycles. The van der Waals surface area contributed by atoms with Crippen LogP contribution in [0.15, 0.2) is 53.4 Å². The first kappa shape index (κ1) is 18.0. The Morgan fingerprint density at radius 1 is 1.00 bits per heavy atom. The van der Waals surface area contributed by atoms with Crippen LogP contribution in [0.25, 0.3) is 0 Å². The van der Waals surface area contributed by atoms with Crippen molar-refractivity contribution in [1.29, 1.82) is 0 Å². The van der Waals surface area contributed by atoms with Crippen molar-refractivity contribution in [3.8, 4) is 5.75 Å². The molecule has 0 spiro atoms. The quantitative estimate of drug-likeness (QED) is 0.721. The second-order valence-electron chi connectivity index (χ2n) is 5.46. The van der Waals surface area contributed by atoms with E-state index in [0.717, 1.165) is 5.56 Å². The van der Waals surface area contributed by atoms with Crippen molar-refractivity contribution in [2.45, 2.75) is 24.2 Å². The number of rotatable bonds is 8. The summed E-state index contributed by atoms with van der Waals surface area (Å²) in [5.41, 5.74) is 1.65. The molecule has 24 heavy (non-hydrogen) atoms. The highest BCUT2D eigenvalue weighted by atomic mass is 32.2. The molecule has 0 radical (unpaired) electrons. The van der Waals surface area contributed by atoms with E-state index in [2.05, 4.69) is 0 Å². The molecular formula is C18H19O5S-. The van der Waals surface area contributed by atoms with E-state index in [9.17, 15) is 18.3 Å². The zero-order valence-electron chi connectivity index (χ0n) is 13.4. The molecule has 6 heteroatoms. The third kappa shape index (κ3) is 5.09. The molecule has 0 saturated carbocycles. The highest BCUT2D eigenvalue weighted by Gasteiger charge is 2.14. The number of benzene rings is 2. The minimum atomic E-state index is -3.32. The number of carbonyl (C=O) groups is 1. The summed E-state index contributed by atoms with van der Waals surface area (Å²) in [6.07, 6.45) is 0.987. The standard InChI is InChI=1S/C18H20O5S/c1-23-16-8-10-17(11-9-16)24(21,22)12-2-3-14-4-6-15(7-5-14)13-18(19)20/h4-11H,2-3,12-13H2,1H3,(H,19,20)/p-1. The summed E-state index contributed by atoms with van der Waals surface area (Å²) >= 11 is 0. The van der Waals surface area contributed by atoms with Crippen molar-refractivity contribution in [1.82, 2.24) is 0 Å². The third-order valence-electron chi connectivity index (χ3n) is 3.67. The second kappa shape index (κ2) is 7.97. The minimum Gasteiger partial charge on any atom is -0.550 e. The predicted molar refractivity (Wildman–Crippen MR) is 88.5 cm³/mol. The van der Waals surface area contributed by atoms with Crippen molar-refractivity contribution in [2.24, 2.45) is 0 Å².